The van der Waals surface area contributed by atoms with Crippen molar-refractivity contribution < 1.29 is 4.74 Å². The molecule has 0 aliphatic carbocycles. The van der Waals surface area contributed by atoms with Gasteiger partial charge in [-0.2, -0.15) is 0 Å². The van der Waals surface area contributed by atoms with E-state index in [9.17, 15) is 0 Å². The normalized spacial score (nSPS) is 13.1. The zero-order valence-corrected chi connectivity index (χ0v) is 9.73. The van der Waals surface area contributed by atoms with Crippen molar-refractivity contribution in [2.45, 2.75) is 26.4 Å². The van der Waals surface area contributed by atoms with Crippen LogP contribution in [0.5, 0.6) is 0 Å². The molecule has 0 aliphatic rings. The molecule has 1 atom stereocenters. The SMILES string of the molecule is CCNCCc1nnc(C(C)OC)s1. The van der Waals surface area contributed by atoms with Gasteiger partial charge in [0.15, 0.2) is 0 Å². The Labute approximate surface area is 88.7 Å². The summed E-state index contributed by atoms with van der Waals surface area (Å²) in [5, 5.41) is 13.5. The molecule has 4 nitrogen and oxygen atoms in total. The Bertz CT molecular complexity index is 264. The molecule has 0 fully saturated rings. The highest BCUT2D eigenvalue weighted by Gasteiger charge is 2.10. The quantitative estimate of drug-likeness (QED) is 0.729. The molecular weight excluding hydrogens is 198 g/mol. The lowest BCUT2D eigenvalue weighted by Crippen LogP contribution is -2.15. The number of aromatic nitrogens is 2. The molecule has 0 radical (unpaired) electrons. The van der Waals surface area contributed by atoms with Crippen molar-refractivity contribution in [3.8, 4) is 0 Å². The molecule has 14 heavy (non-hydrogen) atoms. The van der Waals surface area contributed by atoms with Crippen molar-refractivity contribution in [2.24, 2.45) is 0 Å². The summed E-state index contributed by atoms with van der Waals surface area (Å²) in [7, 11) is 1.68. The van der Waals surface area contributed by atoms with E-state index in [1.165, 1.54) is 0 Å². The lowest BCUT2D eigenvalue weighted by atomic mass is 10.4. The fraction of sp³-hybridized carbons (Fsp3) is 0.778. The molecule has 1 unspecified atom stereocenters. The molecule has 0 aliphatic heterocycles. The van der Waals surface area contributed by atoms with Crippen LogP contribution in [0, 0.1) is 0 Å². The number of hydrogen-bond acceptors (Lipinski definition) is 5. The Kier molecular flexibility index (Phi) is 5.00. The first-order valence-electron chi connectivity index (χ1n) is 4.83. The smallest absolute Gasteiger partial charge is 0.146 e. The van der Waals surface area contributed by atoms with Gasteiger partial charge < -0.3 is 10.1 Å². The molecule has 0 bridgehead atoms. The second kappa shape index (κ2) is 6.06. The third-order valence-corrected chi connectivity index (χ3v) is 3.09. The van der Waals surface area contributed by atoms with Gasteiger partial charge in [0.1, 0.15) is 16.1 Å². The van der Waals surface area contributed by atoms with E-state index in [1.807, 2.05) is 6.92 Å². The van der Waals surface area contributed by atoms with E-state index in [0.717, 1.165) is 29.5 Å². The van der Waals surface area contributed by atoms with E-state index in [1.54, 1.807) is 18.4 Å². The summed E-state index contributed by atoms with van der Waals surface area (Å²) in [5.41, 5.74) is 0. The van der Waals surface area contributed by atoms with Gasteiger partial charge in [0.05, 0.1) is 0 Å². The molecule has 0 saturated heterocycles. The van der Waals surface area contributed by atoms with Gasteiger partial charge in [-0.3, -0.25) is 0 Å². The maximum atomic E-state index is 5.17. The zero-order valence-electron chi connectivity index (χ0n) is 8.91. The van der Waals surface area contributed by atoms with Gasteiger partial charge in [0, 0.05) is 20.1 Å². The van der Waals surface area contributed by atoms with Gasteiger partial charge in [-0.05, 0) is 13.5 Å². The van der Waals surface area contributed by atoms with Crippen molar-refractivity contribution in [3.05, 3.63) is 10.0 Å². The van der Waals surface area contributed by atoms with Crippen molar-refractivity contribution in [2.75, 3.05) is 20.2 Å². The average molecular weight is 215 g/mol. The summed E-state index contributed by atoms with van der Waals surface area (Å²) in [4.78, 5) is 0. The monoisotopic (exact) mass is 215 g/mol. The predicted octanol–water partition coefficient (Wildman–Crippen LogP) is 1.40. The summed E-state index contributed by atoms with van der Waals surface area (Å²) in [6.45, 7) is 6.04. The minimum Gasteiger partial charge on any atom is -0.374 e. The second-order valence-electron chi connectivity index (χ2n) is 3.02. The Morgan fingerprint density at radius 1 is 1.50 bits per heavy atom. The molecule has 1 aromatic heterocycles. The van der Waals surface area contributed by atoms with E-state index < -0.39 is 0 Å². The van der Waals surface area contributed by atoms with Crippen molar-refractivity contribution in [1.82, 2.24) is 15.5 Å². The summed E-state index contributed by atoms with van der Waals surface area (Å²) >= 11 is 1.63. The topological polar surface area (TPSA) is 47.0 Å². The highest BCUT2D eigenvalue weighted by atomic mass is 32.1. The number of likely N-dealkylation sites (N-methyl/N-ethyl adjacent to an activating group) is 1. The highest BCUT2D eigenvalue weighted by Crippen LogP contribution is 2.19. The highest BCUT2D eigenvalue weighted by molar-refractivity contribution is 7.11. The predicted molar refractivity (Wildman–Crippen MR) is 57.6 cm³/mol. The zero-order chi connectivity index (χ0) is 10.4. The van der Waals surface area contributed by atoms with Gasteiger partial charge >= 0.3 is 0 Å². The molecule has 1 heterocycles. The minimum atomic E-state index is 0.0559. The van der Waals surface area contributed by atoms with Gasteiger partial charge in [-0.1, -0.05) is 18.3 Å². The first-order valence-corrected chi connectivity index (χ1v) is 5.65. The third-order valence-electron chi connectivity index (χ3n) is 1.95. The molecular formula is C9H17N3OS. The molecule has 0 saturated carbocycles. The van der Waals surface area contributed by atoms with Crippen molar-refractivity contribution >= 4 is 11.3 Å². The van der Waals surface area contributed by atoms with Gasteiger partial charge in [0.25, 0.3) is 0 Å². The van der Waals surface area contributed by atoms with Crippen LogP contribution in [0.3, 0.4) is 0 Å². The van der Waals surface area contributed by atoms with Crippen molar-refractivity contribution in [3.63, 3.8) is 0 Å². The number of methoxy groups -OCH3 is 1. The molecule has 0 aromatic carbocycles. The average Bonchev–Trinajstić information content (AvgIpc) is 2.66. The summed E-state index contributed by atoms with van der Waals surface area (Å²) in [6.07, 6.45) is 1.00. The molecule has 5 heteroatoms. The van der Waals surface area contributed by atoms with Crippen LogP contribution in [0.15, 0.2) is 0 Å². The Hall–Kier alpha value is -0.520. The number of ether oxygens (including phenoxy) is 1. The van der Waals surface area contributed by atoms with E-state index in [0.29, 0.717) is 0 Å². The van der Waals surface area contributed by atoms with Crippen LogP contribution in [-0.2, 0) is 11.2 Å². The first kappa shape index (κ1) is 11.6. The summed E-state index contributed by atoms with van der Waals surface area (Å²) in [6, 6.07) is 0. The lowest BCUT2D eigenvalue weighted by molar-refractivity contribution is 0.118. The maximum Gasteiger partial charge on any atom is 0.146 e. The van der Waals surface area contributed by atoms with Crippen LogP contribution >= 0.6 is 11.3 Å². The molecule has 0 spiro atoms. The van der Waals surface area contributed by atoms with E-state index >= 15 is 0 Å². The van der Waals surface area contributed by atoms with Crippen molar-refractivity contribution in [1.29, 1.82) is 0 Å². The molecule has 1 N–H and O–H groups in total. The van der Waals surface area contributed by atoms with Gasteiger partial charge in [-0.15, -0.1) is 10.2 Å². The molecule has 80 valence electrons. The van der Waals surface area contributed by atoms with Crippen LogP contribution in [0.2, 0.25) is 0 Å². The second-order valence-corrected chi connectivity index (χ2v) is 4.11. The van der Waals surface area contributed by atoms with Crippen LogP contribution in [0.1, 0.15) is 30.0 Å². The Morgan fingerprint density at radius 3 is 2.93 bits per heavy atom. The number of nitrogens with zero attached hydrogens (tertiary/aromatic N) is 2. The summed E-state index contributed by atoms with van der Waals surface area (Å²) < 4.78 is 5.17. The van der Waals surface area contributed by atoms with Crippen LogP contribution in [0.4, 0.5) is 0 Å². The van der Waals surface area contributed by atoms with Crippen LogP contribution in [-0.4, -0.2) is 30.4 Å². The summed E-state index contributed by atoms with van der Waals surface area (Å²) in [5.74, 6) is 0. The fourth-order valence-electron chi connectivity index (χ4n) is 1.00. The lowest BCUT2D eigenvalue weighted by Gasteiger charge is -2.02. The van der Waals surface area contributed by atoms with E-state index in [2.05, 4.69) is 22.4 Å². The largest absolute Gasteiger partial charge is 0.374 e. The number of rotatable bonds is 6. The Morgan fingerprint density at radius 2 is 2.29 bits per heavy atom. The minimum absolute atomic E-state index is 0.0559. The third kappa shape index (κ3) is 3.32. The Balaban J connectivity index is 2.42. The van der Waals surface area contributed by atoms with Crippen LogP contribution < -0.4 is 5.32 Å². The van der Waals surface area contributed by atoms with E-state index in [4.69, 9.17) is 4.74 Å². The molecule has 1 aromatic rings. The van der Waals surface area contributed by atoms with E-state index in [-0.39, 0.29) is 6.10 Å². The van der Waals surface area contributed by atoms with Crippen LogP contribution in [0.25, 0.3) is 0 Å². The van der Waals surface area contributed by atoms with Gasteiger partial charge in [-0.25, -0.2) is 0 Å². The molecule has 1 rings (SSSR count). The maximum absolute atomic E-state index is 5.17. The fourth-order valence-corrected chi connectivity index (χ4v) is 1.88. The van der Waals surface area contributed by atoms with Gasteiger partial charge in [0.2, 0.25) is 0 Å². The molecule has 0 amide bonds. The number of nitrogens with one attached hydrogen (secondary N) is 1. The standard InChI is InChI=1S/C9H17N3OS/c1-4-10-6-5-8-11-12-9(14-8)7(2)13-3/h7,10H,4-6H2,1-3H3. The number of hydrogen-bond donors (Lipinski definition) is 1. The first-order chi connectivity index (χ1) is 6.77.